The number of esters is 2. The van der Waals surface area contributed by atoms with Crippen LogP contribution in [-0.4, -0.2) is 49.2 Å². The highest BCUT2D eigenvalue weighted by Gasteiger charge is 2.31. The molecule has 0 saturated carbocycles. The summed E-state index contributed by atoms with van der Waals surface area (Å²) in [5.74, 6) is 0.264. The molecule has 124 valence electrons. The molecule has 0 unspecified atom stereocenters. The number of urea groups is 1. The molecule has 2 N–H and O–H groups in total. The third-order valence-corrected chi connectivity index (χ3v) is 4.06. The van der Waals surface area contributed by atoms with Gasteiger partial charge in [0.05, 0.1) is 31.8 Å². The summed E-state index contributed by atoms with van der Waals surface area (Å²) in [6.07, 6.45) is 0.879. The third-order valence-electron chi connectivity index (χ3n) is 3.07. The van der Waals surface area contributed by atoms with E-state index in [1.165, 1.54) is 18.9 Å². The molecular weight excluding hydrogens is 308 g/mol. The van der Waals surface area contributed by atoms with Crippen LogP contribution in [0.4, 0.5) is 4.79 Å². The maximum absolute atomic E-state index is 12.1. The van der Waals surface area contributed by atoms with E-state index in [-0.39, 0.29) is 31.1 Å². The van der Waals surface area contributed by atoms with E-state index in [0.29, 0.717) is 29.2 Å². The largest absolute Gasteiger partial charge is 0.469 e. The molecule has 8 heteroatoms. The van der Waals surface area contributed by atoms with Gasteiger partial charge in [0.25, 0.3) is 0 Å². The molecule has 0 radical (unpaired) electrons. The molecule has 0 fully saturated rings. The summed E-state index contributed by atoms with van der Waals surface area (Å²) in [7, 11) is 1.34. The number of carbonyl (C=O) groups excluding carboxylic acids is 3. The van der Waals surface area contributed by atoms with Gasteiger partial charge < -0.3 is 20.1 Å². The Morgan fingerprint density at radius 1 is 1.32 bits per heavy atom. The molecule has 1 atom stereocenters. The molecule has 0 aromatic carbocycles. The number of hydrogen-bond donors (Lipinski definition) is 2. The van der Waals surface area contributed by atoms with Crippen molar-refractivity contribution in [1.29, 1.82) is 0 Å². The van der Waals surface area contributed by atoms with Crippen LogP contribution in [0.1, 0.15) is 26.7 Å². The van der Waals surface area contributed by atoms with Gasteiger partial charge in [0.2, 0.25) is 0 Å². The van der Waals surface area contributed by atoms with E-state index in [9.17, 15) is 14.4 Å². The number of nitrogens with one attached hydrogen (secondary N) is 2. The highest BCUT2D eigenvalue weighted by atomic mass is 32.2. The van der Waals surface area contributed by atoms with E-state index in [4.69, 9.17) is 4.74 Å². The van der Waals surface area contributed by atoms with Crippen molar-refractivity contribution in [2.45, 2.75) is 32.7 Å². The average Bonchev–Trinajstić information content (AvgIpc) is 2.50. The van der Waals surface area contributed by atoms with E-state index < -0.39 is 5.97 Å². The van der Waals surface area contributed by atoms with E-state index in [1.54, 1.807) is 6.92 Å². The van der Waals surface area contributed by atoms with Crippen LogP contribution in [0.5, 0.6) is 0 Å². The van der Waals surface area contributed by atoms with E-state index in [1.807, 2.05) is 6.92 Å². The second-order valence-electron chi connectivity index (χ2n) is 4.55. The Hall–Kier alpha value is -1.70. The maximum Gasteiger partial charge on any atom is 0.337 e. The molecule has 22 heavy (non-hydrogen) atoms. The van der Waals surface area contributed by atoms with Crippen molar-refractivity contribution in [3.05, 3.63) is 11.3 Å². The Labute approximate surface area is 134 Å². The summed E-state index contributed by atoms with van der Waals surface area (Å²) < 4.78 is 9.64. The lowest BCUT2D eigenvalue weighted by Crippen LogP contribution is -2.50. The van der Waals surface area contributed by atoms with Gasteiger partial charge in [-0.3, -0.25) is 4.79 Å². The van der Waals surface area contributed by atoms with Crippen LogP contribution >= 0.6 is 11.8 Å². The molecule has 0 spiro atoms. The van der Waals surface area contributed by atoms with E-state index in [2.05, 4.69) is 15.4 Å². The highest BCUT2D eigenvalue weighted by molar-refractivity contribution is 7.99. The normalized spacial score (nSPS) is 17.6. The fraction of sp³-hybridized carbons (Fsp3) is 0.643. The number of hydrogen-bond acceptors (Lipinski definition) is 6. The van der Waals surface area contributed by atoms with Gasteiger partial charge in [0.15, 0.2) is 0 Å². The number of methoxy groups -OCH3 is 1. The number of thioether (sulfide) groups is 1. The Balaban J connectivity index is 2.78. The minimum atomic E-state index is -0.426. The van der Waals surface area contributed by atoms with Crippen LogP contribution in [0.25, 0.3) is 0 Å². The lowest BCUT2D eigenvalue weighted by molar-refractivity contribution is -0.140. The monoisotopic (exact) mass is 330 g/mol. The summed E-state index contributed by atoms with van der Waals surface area (Å²) in [5.41, 5.74) is 0.999. The Bertz CT molecular complexity index is 464. The van der Waals surface area contributed by atoms with Gasteiger partial charge in [-0.05, 0) is 13.3 Å². The molecule has 1 rings (SSSR count). The zero-order chi connectivity index (χ0) is 16.5. The predicted octanol–water partition coefficient (Wildman–Crippen LogP) is 1.19. The molecule has 0 aromatic rings. The van der Waals surface area contributed by atoms with Gasteiger partial charge in [0, 0.05) is 17.2 Å². The molecule has 7 nitrogen and oxygen atoms in total. The molecule has 0 aliphatic carbocycles. The number of ether oxygens (including phenoxy) is 2. The summed E-state index contributed by atoms with van der Waals surface area (Å²) >= 11 is 1.45. The van der Waals surface area contributed by atoms with Crippen molar-refractivity contribution in [3.63, 3.8) is 0 Å². The van der Waals surface area contributed by atoms with Crippen LogP contribution < -0.4 is 10.6 Å². The molecule has 0 bridgehead atoms. The Kier molecular flexibility index (Phi) is 7.79. The first-order valence-electron chi connectivity index (χ1n) is 7.15. The fourth-order valence-corrected chi connectivity index (χ4v) is 2.89. The van der Waals surface area contributed by atoms with Crippen LogP contribution in [0.15, 0.2) is 11.3 Å². The number of carbonyl (C=O) groups is 3. The summed E-state index contributed by atoms with van der Waals surface area (Å²) in [4.78, 5) is 34.9. The SMILES string of the molecule is CCOC(=O)C1=C(CSCCC(=O)OC)NC(=O)N[C@H]1CC. The minimum absolute atomic E-state index is 0.273. The Morgan fingerprint density at radius 2 is 2.05 bits per heavy atom. The topological polar surface area (TPSA) is 93.7 Å². The molecule has 1 aliphatic heterocycles. The van der Waals surface area contributed by atoms with Gasteiger partial charge >= 0.3 is 18.0 Å². The molecular formula is C14H22N2O5S. The smallest absolute Gasteiger partial charge is 0.337 e. The van der Waals surface area contributed by atoms with Crippen molar-refractivity contribution in [3.8, 4) is 0 Å². The first-order chi connectivity index (χ1) is 10.5. The zero-order valence-corrected chi connectivity index (χ0v) is 13.9. The maximum atomic E-state index is 12.1. The molecule has 1 aliphatic rings. The third kappa shape index (κ3) is 5.25. The number of rotatable bonds is 8. The highest BCUT2D eigenvalue weighted by Crippen LogP contribution is 2.20. The lowest BCUT2D eigenvalue weighted by Gasteiger charge is -2.28. The van der Waals surface area contributed by atoms with Gasteiger partial charge in [-0.25, -0.2) is 9.59 Å². The summed E-state index contributed by atoms with van der Waals surface area (Å²) in [6, 6.07) is -0.688. The van der Waals surface area contributed by atoms with Gasteiger partial charge in [0.1, 0.15) is 0 Å². The summed E-state index contributed by atoms with van der Waals surface area (Å²) in [5, 5.41) is 5.38. The van der Waals surface area contributed by atoms with E-state index in [0.717, 1.165) is 0 Å². The van der Waals surface area contributed by atoms with Crippen LogP contribution in [0.2, 0.25) is 0 Å². The molecule has 2 amide bonds. The first-order valence-corrected chi connectivity index (χ1v) is 8.31. The van der Waals surface area contributed by atoms with Crippen molar-refractivity contribution in [1.82, 2.24) is 10.6 Å². The minimum Gasteiger partial charge on any atom is -0.469 e. The van der Waals surface area contributed by atoms with Crippen molar-refractivity contribution >= 4 is 29.7 Å². The Morgan fingerprint density at radius 3 is 2.64 bits per heavy atom. The average molecular weight is 330 g/mol. The second-order valence-corrected chi connectivity index (χ2v) is 5.66. The van der Waals surface area contributed by atoms with Crippen LogP contribution in [-0.2, 0) is 19.1 Å². The van der Waals surface area contributed by atoms with Crippen molar-refractivity contribution < 1.29 is 23.9 Å². The molecule has 1 heterocycles. The zero-order valence-electron chi connectivity index (χ0n) is 13.1. The van der Waals surface area contributed by atoms with Gasteiger partial charge in [-0.1, -0.05) is 6.92 Å². The molecule has 0 saturated heterocycles. The second kappa shape index (κ2) is 9.34. The predicted molar refractivity (Wildman–Crippen MR) is 83.4 cm³/mol. The van der Waals surface area contributed by atoms with E-state index >= 15 is 0 Å². The standard InChI is InChI=1S/C14H22N2O5S/c1-4-9-12(13(18)21-5-2)10(16-14(19)15-9)8-22-7-6-11(17)20-3/h9H,4-8H2,1-3H3,(H2,15,16,19)/t9-/m0/s1. The van der Waals surface area contributed by atoms with Crippen molar-refractivity contribution in [2.24, 2.45) is 0 Å². The van der Waals surface area contributed by atoms with Gasteiger partial charge in [-0.2, -0.15) is 11.8 Å². The van der Waals surface area contributed by atoms with Crippen LogP contribution in [0.3, 0.4) is 0 Å². The molecule has 0 aromatic heterocycles. The summed E-state index contributed by atoms with van der Waals surface area (Å²) in [6.45, 7) is 3.89. The van der Waals surface area contributed by atoms with Crippen molar-refractivity contribution in [2.75, 3.05) is 25.2 Å². The van der Waals surface area contributed by atoms with Crippen LogP contribution in [0, 0.1) is 0 Å². The lowest BCUT2D eigenvalue weighted by atomic mass is 10.0. The number of amides is 2. The first kappa shape index (κ1) is 18.3. The van der Waals surface area contributed by atoms with Gasteiger partial charge in [-0.15, -0.1) is 0 Å². The quantitative estimate of drug-likeness (QED) is 0.513. The fourth-order valence-electron chi connectivity index (χ4n) is 2.01.